The molecule has 1 aromatic rings. The highest BCUT2D eigenvalue weighted by atomic mass is 79.9. The number of rotatable bonds is 6. The van der Waals surface area contributed by atoms with Gasteiger partial charge in [-0.25, -0.2) is 0 Å². The number of carbonyl (C=O) groups excluding carboxylic acids is 1. The molecular formula is C12H16BrNO3. The smallest absolute Gasteiger partial charge is 0.322 e. The number of halogens is 1. The van der Waals surface area contributed by atoms with Crippen LogP contribution < -0.4 is 10.1 Å². The van der Waals surface area contributed by atoms with E-state index in [0.29, 0.717) is 13.0 Å². The molecule has 0 aromatic heterocycles. The Labute approximate surface area is 109 Å². The monoisotopic (exact) mass is 301 g/mol. The summed E-state index contributed by atoms with van der Waals surface area (Å²) in [6.45, 7) is 0.461. The van der Waals surface area contributed by atoms with E-state index in [9.17, 15) is 4.79 Å². The highest BCUT2D eigenvalue weighted by molar-refractivity contribution is 9.10. The molecule has 0 saturated heterocycles. The molecule has 0 aliphatic carbocycles. The van der Waals surface area contributed by atoms with Crippen LogP contribution >= 0.6 is 15.9 Å². The minimum atomic E-state index is -0.324. The second-order valence-corrected chi connectivity index (χ2v) is 4.37. The molecule has 0 radical (unpaired) electrons. The fraction of sp³-hybridized carbons (Fsp3) is 0.417. The summed E-state index contributed by atoms with van der Waals surface area (Å²) in [6.07, 6.45) is 0.569. The topological polar surface area (TPSA) is 47.6 Å². The maximum atomic E-state index is 11.3. The molecule has 1 unspecified atom stereocenters. The number of carbonyl (C=O) groups is 1. The van der Waals surface area contributed by atoms with Gasteiger partial charge in [-0.3, -0.25) is 4.79 Å². The molecule has 0 amide bonds. The maximum absolute atomic E-state index is 11.3. The lowest BCUT2D eigenvalue weighted by atomic mass is 10.2. The largest absolute Gasteiger partial charge is 0.494 e. The van der Waals surface area contributed by atoms with Crippen molar-refractivity contribution in [1.29, 1.82) is 0 Å². The van der Waals surface area contributed by atoms with Gasteiger partial charge in [-0.1, -0.05) is 15.9 Å². The summed E-state index contributed by atoms with van der Waals surface area (Å²) in [4.78, 5) is 11.3. The second kappa shape index (κ2) is 7.29. The van der Waals surface area contributed by atoms with Crippen molar-refractivity contribution in [2.75, 3.05) is 20.8 Å². The highest BCUT2D eigenvalue weighted by Gasteiger charge is 2.16. The van der Waals surface area contributed by atoms with E-state index < -0.39 is 0 Å². The van der Waals surface area contributed by atoms with Crippen LogP contribution in [-0.4, -0.2) is 32.8 Å². The predicted molar refractivity (Wildman–Crippen MR) is 69.1 cm³/mol. The van der Waals surface area contributed by atoms with Crippen LogP contribution in [0.1, 0.15) is 6.42 Å². The SMILES string of the molecule is CNC(CCOc1ccc(Br)cc1)C(=O)OC. The zero-order valence-electron chi connectivity index (χ0n) is 9.90. The molecule has 4 nitrogen and oxygen atoms in total. The average Bonchev–Trinajstić information content (AvgIpc) is 2.36. The minimum Gasteiger partial charge on any atom is -0.494 e. The molecule has 0 spiro atoms. The van der Waals surface area contributed by atoms with Crippen molar-refractivity contribution in [3.8, 4) is 5.75 Å². The summed E-state index contributed by atoms with van der Waals surface area (Å²) < 4.78 is 11.2. The van der Waals surface area contributed by atoms with Crippen LogP contribution in [0.15, 0.2) is 28.7 Å². The lowest BCUT2D eigenvalue weighted by Gasteiger charge is -2.13. The van der Waals surface area contributed by atoms with Crippen LogP contribution in [0.5, 0.6) is 5.75 Å². The Balaban J connectivity index is 2.36. The lowest BCUT2D eigenvalue weighted by Crippen LogP contribution is -2.36. The summed E-state index contributed by atoms with van der Waals surface area (Å²) in [6, 6.07) is 7.24. The Hall–Kier alpha value is -1.07. The fourth-order valence-corrected chi connectivity index (χ4v) is 1.61. The number of hydrogen-bond donors (Lipinski definition) is 1. The molecule has 0 heterocycles. The molecule has 0 aliphatic heterocycles. The third kappa shape index (κ3) is 4.75. The van der Waals surface area contributed by atoms with Crippen LogP contribution in [0, 0.1) is 0 Å². The number of methoxy groups -OCH3 is 1. The van der Waals surface area contributed by atoms with Gasteiger partial charge in [-0.15, -0.1) is 0 Å². The van der Waals surface area contributed by atoms with Crippen LogP contribution in [0.2, 0.25) is 0 Å². The van der Waals surface area contributed by atoms with E-state index in [4.69, 9.17) is 4.74 Å². The zero-order chi connectivity index (χ0) is 12.7. The highest BCUT2D eigenvalue weighted by Crippen LogP contribution is 2.16. The molecule has 5 heteroatoms. The van der Waals surface area contributed by atoms with E-state index >= 15 is 0 Å². The third-order valence-corrected chi connectivity index (χ3v) is 2.85. The van der Waals surface area contributed by atoms with Gasteiger partial charge in [0.15, 0.2) is 0 Å². The molecule has 1 atom stereocenters. The van der Waals surface area contributed by atoms with Crippen molar-refractivity contribution in [1.82, 2.24) is 5.32 Å². The Morgan fingerprint density at radius 2 is 2.06 bits per heavy atom. The first-order valence-corrected chi connectivity index (χ1v) is 6.10. The third-order valence-electron chi connectivity index (χ3n) is 2.32. The van der Waals surface area contributed by atoms with Crippen molar-refractivity contribution in [2.45, 2.75) is 12.5 Å². The van der Waals surface area contributed by atoms with Gasteiger partial charge in [0.25, 0.3) is 0 Å². The number of hydrogen-bond acceptors (Lipinski definition) is 4. The van der Waals surface area contributed by atoms with Crippen molar-refractivity contribution >= 4 is 21.9 Å². The lowest BCUT2D eigenvalue weighted by molar-refractivity contribution is -0.143. The van der Waals surface area contributed by atoms with Gasteiger partial charge in [0.2, 0.25) is 0 Å². The number of nitrogens with one attached hydrogen (secondary N) is 1. The Kier molecular flexibility index (Phi) is 6.00. The number of ether oxygens (including phenoxy) is 2. The molecule has 17 heavy (non-hydrogen) atoms. The Bertz CT molecular complexity index is 353. The molecule has 0 aliphatic rings. The molecular weight excluding hydrogens is 286 g/mol. The van der Waals surface area contributed by atoms with E-state index in [2.05, 4.69) is 26.0 Å². The van der Waals surface area contributed by atoms with Gasteiger partial charge in [0.1, 0.15) is 11.8 Å². The van der Waals surface area contributed by atoms with Crippen molar-refractivity contribution in [3.63, 3.8) is 0 Å². The van der Waals surface area contributed by atoms with Crippen molar-refractivity contribution < 1.29 is 14.3 Å². The van der Waals surface area contributed by atoms with Crippen molar-refractivity contribution in [2.24, 2.45) is 0 Å². The zero-order valence-corrected chi connectivity index (χ0v) is 11.5. The molecule has 0 bridgehead atoms. The normalized spacial score (nSPS) is 11.9. The molecule has 1 aromatic carbocycles. The van der Waals surface area contributed by atoms with Gasteiger partial charge in [0.05, 0.1) is 13.7 Å². The van der Waals surface area contributed by atoms with E-state index in [-0.39, 0.29) is 12.0 Å². The molecule has 0 fully saturated rings. The number of esters is 1. The summed E-state index contributed by atoms with van der Waals surface area (Å²) in [5.74, 6) is 0.514. The van der Waals surface area contributed by atoms with Gasteiger partial charge >= 0.3 is 5.97 Å². The van der Waals surface area contributed by atoms with Crippen LogP contribution in [0.25, 0.3) is 0 Å². The number of benzene rings is 1. The summed E-state index contributed by atoms with van der Waals surface area (Å²) in [5, 5.41) is 2.89. The van der Waals surface area contributed by atoms with Gasteiger partial charge in [0, 0.05) is 10.9 Å². The average molecular weight is 302 g/mol. The van der Waals surface area contributed by atoms with Gasteiger partial charge in [-0.2, -0.15) is 0 Å². The Morgan fingerprint density at radius 1 is 1.41 bits per heavy atom. The van der Waals surface area contributed by atoms with E-state index in [1.165, 1.54) is 7.11 Å². The van der Waals surface area contributed by atoms with E-state index in [0.717, 1.165) is 10.2 Å². The molecule has 1 rings (SSSR count). The second-order valence-electron chi connectivity index (χ2n) is 3.46. The van der Waals surface area contributed by atoms with Gasteiger partial charge < -0.3 is 14.8 Å². The summed E-state index contributed by atoms with van der Waals surface area (Å²) >= 11 is 3.35. The summed E-state index contributed by atoms with van der Waals surface area (Å²) in [5.41, 5.74) is 0. The fourth-order valence-electron chi connectivity index (χ4n) is 1.35. The molecule has 94 valence electrons. The van der Waals surface area contributed by atoms with Crippen LogP contribution in [0.3, 0.4) is 0 Å². The van der Waals surface area contributed by atoms with Gasteiger partial charge in [-0.05, 0) is 31.3 Å². The quantitative estimate of drug-likeness (QED) is 0.816. The van der Waals surface area contributed by atoms with Crippen LogP contribution in [0.4, 0.5) is 0 Å². The molecule has 1 N–H and O–H groups in total. The minimum absolute atomic E-state index is 0.271. The summed E-state index contributed by atoms with van der Waals surface area (Å²) in [7, 11) is 3.10. The van der Waals surface area contributed by atoms with E-state index in [1.54, 1.807) is 7.05 Å². The first-order chi connectivity index (χ1) is 8.17. The van der Waals surface area contributed by atoms with E-state index in [1.807, 2.05) is 24.3 Å². The van der Waals surface area contributed by atoms with Crippen molar-refractivity contribution in [3.05, 3.63) is 28.7 Å². The molecule has 0 saturated carbocycles. The van der Waals surface area contributed by atoms with Crippen LogP contribution in [-0.2, 0) is 9.53 Å². The Morgan fingerprint density at radius 3 is 2.59 bits per heavy atom. The maximum Gasteiger partial charge on any atom is 0.322 e. The standard InChI is InChI=1S/C12H16BrNO3/c1-14-11(12(15)16-2)7-8-17-10-5-3-9(13)4-6-10/h3-6,11,14H,7-8H2,1-2H3. The first-order valence-electron chi connectivity index (χ1n) is 5.31. The predicted octanol–water partition coefficient (Wildman–Crippen LogP) is 1.98. The first kappa shape index (κ1) is 14.0. The number of likely N-dealkylation sites (N-methyl/N-ethyl adjacent to an activating group) is 1.